The normalized spacial score (nSPS) is 20.2. The fourth-order valence-corrected chi connectivity index (χ4v) is 2.71. The Morgan fingerprint density at radius 2 is 2.47 bits per heavy atom. The van der Waals surface area contributed by atoms with E-state index in [1.807, 2.05) is 10.6 Å². The molecule has 90 valence electrons. The van der Waals surface area contributed by atoms with Crippen molar-refractivity contribution in [3.8, 4) is 5.75 Å². The Morgan fingerprint density at radius 3 is 3.24 bits per heavy atom. The molecule has 2 aromatic heterocycles. The number of nitrogens with zero attached hydrogens (tertiary/aromatic N) is 2. The van der Waals surface area contributed by atoms with Crippen molar-refractivity contribution < 1.29 is 5.11 Å². The van der Waals surface area contributed by atoms with E-state index in [0.717, 1.165) is 25.3 Å². The van der Waals surface area contributed by atoms with Gasteiger partial charge in [0.05, 0.1) is 0 Å². The van der Waals surface area contributed by atoms with Crippen LogP contribution in [0.5, 0.6) is 5.75 Å². The molecule has 1 unspecified atom stereocenters. The van der Waals surface area contributed by atoms with Crippen molar-refractivity contribution in [3.05, 3.63) is 29.3 Å². The van der Waals surface area contributed by atoms with E-state index in [-0.39, 0.29) is 5.75 Å². The van der Waals surface area contributed by atoms with Gasteiger partial charge in [0.25, 0.3) is 0 Å². The molecule has 0 spiro atoms. The molecular weight excluding hydrogens is 238 g/mol. The Kier molecular flexibility index (Phi) is 2.68. The topological polar surface area (TPSA) is 49.6 Å². The lowest BCUT2D eigenvalue weighted by Crippen LogP contribution is -2.12. The molecule has 3 heterocycles. The third kappa shape index (κ3) is 1.87. The first-order valence-electron chi connectivity index (χ1n) is 5.81. The number of fused-ring (bicyclic) bond motifs is 1. The van der Waals surface area contributed by atoms with E-state index in [4.69, 9.17) is 11.6 Å². The van der Waals surface area contributed by atoms with Crippen LogP contribution in [0.15, 0.2) is 18.3 Å². The van der Waals surface area contributed by atoms with Gasteiger partial charge in [-0.2, -0.15) is 0 Å². The largest absolute Gasteiger partial charge is 0.506 e. The van der Waals surface area contributed by atoms with E-state index in [0.29, 0.717) is 16.6 Å². The van der Waals surface area contributed by atoms with E-state index in [9.17, 15) is 5.11 Å². The van der Waals surface area contributed by atoms with Crippen molar-refractivity contribution >= 4 is 17.1 Å². The number of halogens is 1. The molecule has 1 saturated heterocycles. The Bertz CT molecular complexity index is 546. The third-order valence-corrected chi connectivity index (χ3v) is 3.57. The molecule has 0 aromatic carbocycles. The van der Waals surface area contributed by atoms with Crippen LogP contribution in [-0.4, -0.2) is 27.6 Å². The molecule has 0 amide bonds. The molecule has 5 heteroatoms. The summed E-state index contributed by atoms with van der Waals surface area (Å²) in [7, 11) is 0. The molecule has 0 saturated carbocycles. The average molecular weight is 252 g/mol. The maximum absolute atomic E-state index is 9.77. The van der Waals surface area contributed by atoms with Gasteiger partial charge in [0.15, 0.2) is 5.15 Å². The molecule has 0 radical (unpaired) electrons. The molecule has 4 nitrogen and oxygen atoms in total. The molecule has 1 aliphatic heterocycles. The molecule has 1 aliphatic rings. The van der Waals surface area contributed by atoms with Crippen molar-refractivity contribution in [2.24, 2.45) is 5.92 Å². The second kappa shape index (κ2) is 4.20. The zero-order valence-corrected chi connectivity index (χ0v) is 10.1. The maximum atomic E-state index is 9.77. The van der Waals surface area contributed by atoms with E-state index >= 15 is 0 Å². The highest BCUT2D eigenvalue weighted by Crippen LogP contribution is 2.28. The number of aromatic hydroxyl groups is 1. The van der Waals surface area contributed by atoms with Gasteiger partial charge in [0, 0.05) is 12.6 Å². The van der Waals surface area contributed by atoms with Crippen molar-refractivity contribution in [1.29, 1.82) is 0 Å². The van der Waals surface area contributed by atoms with Gasteiger partial charge in [-0.1, -0.05) is 11.6 Å². The van der Waals surface area contributed by atoms with Gasteiger partial charge in [-0.25, -0.2) is 4.98 Å². The zero-order chi connectivity index (χ0) is 11.8. The van der Waals surface area contributed by atoms with Gasteiger partial charge >= 0.3 is 0 Å². The van der Waals surface area contributed by atoms with Crippen LogP contribution in [0.1, 0.15) is 12.2 Å². The summed E-state index contributed by atoms with van der Waals surface area (Å²) in [6, 6.07) is 3.43. The molecule has 3 rings (SSSR count). The van der Waals surface area contributed by atoms with Crippen LogP contribution in [-0.2, 0) is 6.42 Å². The summed E-state index contributed by atoms with van der Waals surface area (Å²) in [6.45, 7) is 2.11. The first-order valence-corrected chi connectivity index (χ1v) is 6.18. The summed E-state index contributed by atoms with van der Waals surface area (Å²) in [4.78, 5) is 4.35. The van der Waals surface area contributed by atoms with Gasteiger partial charge in [-0.3, -0.25) is 4.40 Å². The predicted octanol–water partition coefficient (Wildman–Crippen LogP) is 1.85. The SMILES string of the molecule is Oc1cccn2c(CC3CCNC3)nc(Cl)c12. The Labute approximate surface area is 104 Å². The highest BCUT2D eigenvalue weighted by atomic mass is 35.5. The van der Waals surface area contributed by atoms with Gasteiger partial charge in [0.1, 0.15) is 17.1 Å². The monoisotopic (exact) mass is 251 g/mol. The number of hydrogen-bond donors (Lipinski definition) is 2. The van der Waals surface area contributed by atoms with Crippen LogP contribution < -0.4 is 5.32 Å². The number of hydrogen-bond acceptors (Lipinski definition) is 3. The molecule has 2 N–H and O–H groups in total. The van der Waals surface area contributed by atoms with E-state index < -0.39 is 0 Å². The summed E-state index contributed by atoms with van der Waals surface area (Å²) in [5.41, 5.74) is 0.607. The average Bonchev–Trinajstić information content (AvgIpc) is 2.90. The maximum Gasteiger partial charge on any atom is 0.158 e. The molecule has 0 bridgehead atoms. The lowest BCUT2D eigenvalue weighted by atomic mass is 10.1. The smallest absolute Gasteiger partial charge is 0.158 e. The lowest BCUT2D eigenvalue weighted by molar-refractivity contribution is 0.478. The highest BCUT2D eigenvalue weighted by Gasteiger charge is 2.19. The van der Waals surface area contributed by atoms with Gasteiger partial charge in [-0.05, 0) is 37.6 Å². The quantitative estimate of drug-likeness (QED) is 0.857. The van der Waals surface area contributed by atoms with Crippen LogP contribution in [0.25, 0.3) is 5.52 Å². The summed E-state index contributed by atoms with van der Waals surface area (Å²) in [6.07, 6.45) is 3.96. The standard InChI is InChI=1S/C12H14ClN3O/c13-12-11-9(17)2-1-5-16(11)10(15-12)6-8-3-4-14-7-8/h1-2,5,8,14,17H,3-4,6-7H2. The highest BCUT2D eigenvalue weighted by molar-refractivity contribution is 6.33. The predicted molar refractivity (Wildman–Crippen MR) is 66.5 cm³/mol. The Balaban J connectivity index is 2.01. The molecule has 0 aliphatic carbocycles. The van der Waals surface area contributed by atoms with E-state index in [2.05, 4.69) is 10.3 Å². The minimum absolute atomic E-state index is 0.181. The lowest BCUT2D eigenvalue weighted by Gasteiger charge is -2.07. The molecule has 1 fully saturated rings. The minimum Gasteiger partial charge on any atom is -0.506 e. The summed E-state index contributed by atoms with van der Waals surface area (Å²) in [5, 5.41) is 13.5. The van der Waals surface area contributed by atoms with Crippen LogP contribution >= 0.6 is 11.6 Å². The molecule has 17 heavy (non-hydrogen) atoms. The van der Waals surface area contributed by atoms with Crippen molar-refractivity contribution in [2.45, 2.75) is 12.8 Å². The summed E-state index contributed by atoms with van der Waals surface area (Å²) in [5.74, 6) is 1.72. The third-order valence-electron chi connectivity index (χ3n) is 3.31. The molecular formula is C12H14ClN3O. The number of pyridine rings is 1. The van der Waals surface area contributed by atoms with Gasteiger partial charge in [0.2, 0.25) is 0 Å². The number of imidazole rings is 1. The van der Waals surface area contributed by atoms with Crippen molar-refractivity contribution in [1.82, 2.24) is 14.7 Å². The fourth-order valence-electron chi connectivity index (χ4n) is 2.43. The summed E-state index contributed by atoms with van der Waals surface area (Å²) >= 11 is 6.06. The first kappa shape index (κ1) is 10.9. The fraction of sp³-hybridized carbons (Fsp3) is 0.417. The Morgan fingerprint density at radius 1 is 1.59 bits per heavy atom. The molecule has 1 atom stereocenters. The number of rotatable bonds is 2. The Hall–Kier alpha value is -1.26. The second-order valence-corrected chi connectivity index (χ2v) is 4.85. The number of nitrogens with one attached hydrogen (secondary N) is 1. The van der Waals surface area contributed by atoms with Crippen LogP contribution in [0.3, 0.4) is 0 Å². The zero-order valence-electron chi connectivity index (χ0n) is 9.36. The summed E-state index contributed by atoms with van der Waals surface area (Å²) < 4.78 is 1.88. The first-order chi connectivity index (χ1) is 8.25. The van der Waals surface area contributed by atoms with Crippen molar-refractivity contribution in [3.63, 3.8) is 0 Å². The van der Waals surface area contributed by atoms with E-state index in [1.54, 1.807) is 12.1 Å². The van der Waals surface area contributed by atoms with Crippen LogP contribution in [0, 0.1) is 5.92 Å². The molecule has 2 aromatic rings. The van der Waals surface area contributed by atoms with Gasteiger partial charge < -0.3 is 10.4 Å². The van der Waals surface area contributed by atoms with Crippen LogP contribution in [0.2, 0.25) is 5.15 Å². The van der Waals surface area contributed by atoms with Crippen LogP contribution in [0.4, 0.5) is 0 Å². The number of aromatic nitrogens is 2. The second-order valence-electron chi connectivity index (χ2n) is 4.49. The van der Waals surface area contributed by atoms with Gasteiger partial charge in [-0.15, -0.1) is 0 Å². The van der Waals surface area contributed by atoms with E-state index in [1.165, 1.54) is 6.42 Å². The van der Waals surface area contributed by atoms with Crippen molar-refractivity contribution in [2.75, 3.05) is 13.1 Å². The minimum atomic E-state index is 0.181.